The van der Waals surface area contributed by atoms with Crippen LogP contribution in [0.15, 0.2) is 107 Å². The zero-order valence-corrected chi connectivity index (χ0v) is 20.2. The van der Waals surface area contributed by atoms with Gasteiger partial charge in [-0.3, -0.25) is 14.3 Å². The predicted octanol–water partition coefficient (Wildman–Crippen LogP) is 2.82. The van der Waals surface area contributed by atoms with Crippen molar-refractivity contribution in [1.29, 1.82) is 0 Å². The number of benzene rings is 3. The van der Waals surface area contributed by atoms with Crippen molar-refractivity contribution in [2.45, 2.75) is 43.7 Å². The molecule has 4 aromatic rings. The Hall–Kier alpha value is -3.82. The number of aryl methyl sites for hydroxylation is 1. The summed E-state index contributed by atoms with van der Waals surface area (Å²) in [6.07, 6.45) is -3.32. The molecule has 0 radical (unpaired) electrons. The van der Waals surface area contributed by atoms with Crippen LogP contribution in [0.3, 0.4) is 0 Å². The molecule has 190 valence electrons. The molecule has 1 aliphatic rings. The Balaban J connectivity index is 1.55. The number of nitrogens with one attached hydrogen (secondary N) is 1. The summed E-state index contributed by atoms with van der Waals surface area (Å²) in [5.41, 5.74) is 0.299. The van der Waals surface area contributed by atoms with Gasteiger partial charge in [0.2, 0.25) is 0 Å². The maximum atomic E-state index is 12.4. The molecular formula is C29H28N2O6. The van der Waals surface area contributed by atoms with Crippen LogP contribution in [-0.4, -0.2) is 38.3 Å². The SMILES string of the molecule is Cc1cn([C@H]2C[C@H](O)[C@@H](C(O)OC(c3ccccc3)(c3ccccc3)c3ccccc3)O2)c(=O)[nH]c1=O. The average Bonchev–Trinajstić information content (AvgIpc) is 3.32. The number of nitrogens with zero attached hydrogens (tertiary/aromatic N) is 1. The van der Waals surface area contributed by atoms with E-state index in [2.05, 4.69) is 4.98 Å². The zero-order chi connectivity index (χ0) is 26.0. The normalized spacial score (nSPS) is 20.6. The predicted molar refractivity (Wildman–Crippen MR) is 137 cm³/mol. The highest BCUT2D eigenvalue weighted by molar-refractivity contribution is 5.47. The molecule has 1 aliphatic heterocycles. The molecule has 0 saturated carbocycles. The molecule has 0 aliphatic carbocycles. The number of rotatable bonds is 7. The lowest BCUT2D eigenvalue weighted by Gasteiger charge is -2.39. The number of hydrogen-bond donors (Lipinski definition) is 3. The maximum Gasteiger partial charge on any atom is 0.330 e. The van der Waals surface area contributed by atoms with Crippen LogP contribution in [-0.2, 0) is 15.1 Å². The van der Waals surface area contributed by atoms with Gasteiger partial charge in [-0.05, 0) is 23.6 Å². The van der Waals surface area contributed by atoms with Crippen molar-refractivity contribution in [2.75, 3.05) is 0 Å². The third-order valence-electron chi connectivity index (χ3n) is 6.71. The standard InChI is InChI=1S/C29H28N2O6/c1-19-18-31(28(35)30-26(19)33)24-17-23(32)25(36-24)27(34)37-29(20-11-5-2-6-12-20,21-13-7-3-8-14-21)22-15-9-4-10-16-22/h2-16,18,23-25,27,32,34H,17H2,1H3,(H,30,33,35)/t23-,24+,25-,27?/m0/s1. The first-order valence-electron chi connectivity index (χ1n) is 12.1. The van der Waals surface area contributed by atoms with E-state index in [4.69, 9.17) is 9.47 Å². The first-order valence-corrected chi connectivity index (χ1v) is 12.1. The van der Waals surface area contributed by atoms with Crippen LogP contribution in [0.2, 0.25) is 0 Å². The number of aliphatic hydroxyl groups is 2. The molecule has 1 saturated heterocycles. The van der Waals surface area contributed by atoms with Crippen molar-refractivity contribution in [3.05, 3.63) is 140 Å². The monoisotopic (exact) mass is 500 g/mol. The van der Waals surface area contributed by atoms with E-state index in [0.717, 1.165) is 16.7 Å². The molecule has 1 aromatic heterocycles. The number of aliphatic hydroxyl groups excluding tert-OH is 2. The van der Waals surface area contributed by atoms with Gasteiger partial charge in [0, 0.05) is 18.2 Å². The van der Waals surface area contributed by atoms with Crippen LogP contribution in [0.1, 0.15) is 34.9 Å². The average molecular weight is 501 g/mol. The summed E-state index contributed by atoms with van der Waals surface area (Å²) in [5, 5.41) is 22.3. The van der Waals surface area contributed by atoms with E-state index in [9.17, 15) is 19.8 Å². The highest BCUT2D eigenvalue weighted by Crippen LogP contribution is 2.43. The van der Waals surface area contributed by atoms with Crippen molar-refractivity contribution in [3.63, 3.8) is 0 Å². The minimum Gasteiger partial charge on any atom is -0.390 e. The second-order valence-electron chi connectivity index (χ2n) is 9.12. The van der Waals surface area contributed by atoms with Gasteiger partial charge in [0.15, 0.2) is 6.29 Å². The topological polar surface area (TPSA) is 114 Å². The summed E-state index contributed by atoms with van der Waals surface area (Å²) in [7, 11) is 0. The quantitative estimate of drug-likeness (QED) is 0.266. The summed E-state index contributed by atoms with van der Waals surface area (Å²) >= 11 is 0. The van der Waals surface area contributed by atoms with Crippen molar-refractivity contribution in [3.8, 4) is 0 Å². The van der Waals surface area contributed by atoms with Gasteiger partial charge in [0.1, 0.15) is 17.9 Å². The Kier molecular flexibility index (Phi) is 6.90. The van der Waals surface area contributed by atoms with Crippen LogP contribution >= 0.6 is 0 Å². The molecule has 0 bridgehead atoms. The first-order chi connectivity index (χ1) is 17.9. The largest absolute Gasteiger partial charge is 0.390 e. The molecule has 1 unspecified atom stereocenters. The Morgan fingerprint density at radius 3 is 1.89 bits per heavy atom. The van der Waals surface area contributed by atoms with E-state index in [1.54, 1.807) is 6.92 Å². The third-order valence-corrected chi connectivity index (χ3v) is 6.71. The molecule has 37 heavy (non-hydrogen) atoms. The number of aromatic nitrogens is 2. The molecule has 3 N–H and O–H groups in total. The summed E-state index contributed by atoms with van der Waals surface area (Å²) in [6, 6.07) is 28.6. The van der Waals surface area contributed by atoms with E-state index in [1.807, 2.05) is 91.0 Å². The van der Waals surface area contributed by atoms with Crippen molar-refractivity contribution >= 4 is 0 Å². The second kappa shape index (κ2) is 10.3. The smallest absolute Gasteiger partial charge is 0.330 e. The molecule has 1 fully saturated rings. The van der Waals surface area contributed by atoms with Crippen molar-refractivity contribution in [1.82, 2.24) is 9.55 Å². The molecule has 4 atom stereocenters. The van der Waals surface area contributed by atoms with Crippen molar-refractivity contribution < 1.29 is 19.7 Å². The van der Waals surface area contributed by atoms with E-state index in [1.165, 1.54) is 10.8 Å². The molecule has 8 heteroatoms. The molecule has 8 nitrogen and oxygen atoms in total. The van der Waals surface area contributed by atoms with Gasteiger partial charge in [-0.2, -0.15) is 0 Å². The summed E-state index contributed by atoms with van der Waals surface area (Å²) in [6.45, 7) is 1.57. The Morgan fingerprint density at radius 2 is 1.41 bits per heavy atom. The van der Waals surface area contributed by atoms with Gasteiger partial charge >= 0.3 is 5.69 Å². The van der Waals surface area contributed by atoms with Gasteiger partial charge in [0.25, 0.3) is 5.56 Å². The highest BCUT2D eigenvalue weighted by Gasteiger charge is 2.46. The van der Waals surface area contributed by atoms with Crippen LogP contribution < -0.4 is 11.2 Å². The summed E-state index contributed by atoms with van der Waals surface area (Å²) < 4.78 is 13.7. The molecular weight excluding hydrogens is 472 g/mol. The fourth-order valence-electron chi connectivity index (χ4n) is 4.88. The van der Waals surface area contributed by atoms with Crippen LogP contribution in [0.5, 0.6) is 0 Å². The maximum absolute atomic E-state index is 12.4. The molecule has 0 spiro atoms. The van der Waals surface area contributed by atoms with Gasteiger partial charge < -0.3 is 19.7 Å². The number of aromatic amines is 1. The van der Waals surface area contributed by atoms with Gasteiger partial charge in [0.05, 0.1) is 6.10 Å². The number of hydrogen-bond acceptors (Lipinski definition) is 6. The summed E-state index contributed by atoms with van der Waals surface area (Å²) in [5.74, 6) is 0. The van der Waals surface area contributed by atoms with Gasteiger partial charge in [-0.15, -0.1) is 0 Å². The van der Waals surface area contributed by atoms with E-state index in [0.29, 0.717) is 5.56 Å². The zero-order valence-electron chi connectivity index (χ0n) is 20.2. The Labute approximate surface area is 213 Å². The minimum atomic E-state index is -1.57. The minimum absolute atomic E-state index is 0.0332. The van der Waals surface area contributed by atoms with Gasteiger partial charge in [-0.25, -0.2) is 4.79 Å². The van der Waals surface area contributed by atoms with E-state index >= 15 is 0 Å². The summed E-state index contributed by atoms with van der Waals surface area (Å²) in [4.78, 5) is 26.4. The molecule has 2 heterocycles. The van der Waals surface area contributed by atoms with E-state index < -0.39 is 41.6 Å². The highest BCUT2D eigenvalue weighted by atomic mass is 16.7. The Morgan fingerprint density at radius 1 is 0.919 bits per heavy atom. The fourth-order valence-corrected chi connectivity index (χ4v) is 4.88. The Bertz CT molecular complexity index is 1360. The molecule has 0 amide bonds. The first kappa shape index (κ1) is 24.9. The third kappa shape index (κ3) is 4.68. The van der Waals surface area contributed by atoms with Gasteiger partial charge in [-0.1, -0.05) is 91.0 Å². The molecule has 3 aromatic carbocycles. The number of H-pyrrole nitrogens is 1. The lowest BCUT2D eigenvalue weighted by molar-refractivity contribution is -0.229. The van der Waals surface area contributed by atoms with Crippen molar-refractivity contribution in [2.24, 2.45) is 0 Å². The lowest BCUT2D eigenvalue weighted by atomic mass is 9.80. The van der Waals surface area contributed by atoms with Crippen LogP contribution in [0.4, 0.5) is 0 Å². The van der Waals surface area contributed by atoms with E-state index in [-0.39, 0.29) is 6.42 Å². The van der Waals surface area contributed by atoms with Crippen LogP contribution in [0, 0.1) is 6.92 Å². The fraction of sp³-hybridized carbons (Fsp3) is 0.241. The van der Waals surface area contributed by atoms with Crippen LogP contribution in [0.25, 0.3) is 0 Å². The second-order valence-corrected chi connectivity index (χ2v) is 9.12. The lowest BCUT2D eigenvalue weighted by Crippen LogP contribution is -2.44. The molecule has 5 rings (SSSR count). The number of ether oxygens (including phenoxy) is 2.